The molecule has 0 saturated heterocycles. The molecule has 0 radical (unpaired) electrons. The number of aliphatic hydroxyl groups is 1. The summed E-state index contributed by atoms with van der Waals surface area (Å²) in [5, 5.41) is 9.55. The Morgan fingerprint density at radius 1 is 1.29 bits per heavy atom. The van der Waals surface area contributed by atoms with Crippen molar-refractivity contribution in [1.82, 2.24) is 0 Å². The third-order valence-electron chi connectivity index (χ3n) is 3.30. The Balaban J connectivity index is 2.35. The molecule has 1 N–H and O–H groups in total. The molecule has 1 fully saturated rings. The molecule has 1 nitrogen and oxygen atoms in total. The van der Waals surface area contributed by atoms with Crippen molar-refractivity contribution >= 4 is 15.9 Å². The molecule has 0 bridgehead atoms. The molecule has 0 aliphatic heterocycles. The van der Waals surface area contributed by atoms with E-state index >= 15 is 0 Å². The van der Waals surface area contributed by atoms with Crippen LogP contribution < -0.4 is 0 Å². The van der Waals surface area contributed by atoms with Crippen LogP contribution in [0.3, 0.4) is 0 Å². The lowest BCUT2D eigenvalue weighted by Gasteiger charge is -2.27. The summed E-state index contributed by atoms with van der Waals surface area (Å²) >= 11 is 3.48. The van der Waals surface area contributed by atoms with Crippen molar-refractivity contribution in [2.45, 2.75) is 31.1 Å². The van der Waals surface area contributed by atoms with E-state index in [1.165, 1.54) is 18.4 Å². The molecule has 14 heavy (non-hydrogen) atoms. The highest BCUT2D eigenvalue weighted by molar-refractivity contribution is 9.10. The van der Waals surface area contributed by atoms with Crippen molar-refractivity contribution in [1.29, 1.82) is 0 Å². The largest absolute Gasteiger partial charge is 0.395 e. The zero-order chi connectivity index (χ0) is 10.0. The normalized spacial score (nSPS) is 19.9. The van der Waals surface area contributed by atoms with Crippen molar-refractivity contribution < 1.29 is 5.11 Å². The molecule has 0 spiro atoms. The summed E-state index contributed by atoms with van der Waals surface area (Å²) in [6.45, 7) is 0.281. The van der Waals surface area contributed by atoms with E-state index in [2.05, 4.69) is 34.1 Å². The van der Waals surface area contributed by atoms with Crippen LogP contribution in [0, 0.1) is 0 Å². The number of hydrogen-bond donors (Lipinski definition) is 1. The van der Waals surface area contributed by atoms with Gasteiger partial charge in [0.25, 0.3) is 0 Å². The van der Waals surface area contributed by atoms with Gasteiger partial charge in [0.2, 0.25) is 0 Å². The number of halogens is 1. The fourth-order valence-corrected chi connectivity index (χ4v) is 2.81. The van der Waals surface area contributed by atoms with Crippen molar-refractivity contribution in [2.24, 2.45) is 0 Å². The van der Waals surface area contributed by atoms with E-state index in [9.17, 15) is 5.11 Å². The van der Waals surface area contributed by atoms with E-state index < -0.39 is 0 Å². The second-order valence-corrected chi connectivity index (χ2v) is 5.07. The average molecular weight is 255 g/mol. The van der Waals surface area contributed by atoms with Crippen molar-refractivity contribution in [3.8, 4) is 0 Å². The first kappa shape index (κ1) is 10.2. The average Bonchev–Trinajstić information content (AvgIpc) is 2.67. The fourth-order valence-electron chi connectivity index (χ4n) is 2.41. The first-order valence-electron chi connectivity index (χ1n) is 5.14. The van der Waals surface area contributed by atoms with Gasteiger partial charge < -0.3 is 5.11 Å². The first-order chi connectivity index (χ1) is 6.77. The minimum atomic E-state index is 0.0454. The van der Waals surface area contributed by atoms with Gasteiger partial charge in [-0.25, -0.2) is 0 Å². The van der Waals surface area contributed by atoms with E-state index in [0.29, 0.717) is 0 Å². The second kappa shape index (κ2) is 4.03. The maximum atomic E-state index is 9.55. The van der Waals surface area contributed by atoms with Crippen LogP contribution in [0.15, 0.2) is 28.7 Å². The van der Waals surface area contributed by atoms with E-state index in [4.69, 9.17) is 0 Å². The van der Waals surface area contributed by atoms with Crippen molar-refractivity contribution in [3.63, 3.8) is 0 Å². The summed E-state index contributed by atoms with van der Waals surface area (Å²) in [7, 11) is 0. The number of benzene rings is 1. The van der Waals surface area contributed by atoms with Crippen LogP contribution in [0.25, 0.3) is 0 Å². The van der Waals surface area contributed by atoms with Gasteiger partial charge in [0.15, 0.2) is 0 Å². The molecule has 1 saturated carbocycles. The predicted molar refractivity (Wildman–Crippen MR) is 61.4 cm³/mol. The van der Waals surface area contributed by atoms with Gasteiger partial charge >= 0.3 is 0 Å². The molecule has 1 aliphatic carbocycles. The van der Waals surface area contributed by atoms with Gasteiger partial charge in [-0.1, -0.05) is 40.9 Å². The van der Waals surface area contributed by atoms with Crippen LogP contribution in [0.2, 0.25) is 0 Å². The molecular weight excluding hydrogens is 240 g/mol. The minimum Gasteiger partial charge on any atom is -0.395 e. The van der Waals surface area contributed by atoms with Crippen LogP contribution in [0.1, 0.15) is 31.2 Å². The van der Waals surface area contributed by atoms with Gasteiger partial charge in [0.05, 0.1) is 6.61 Å². The maximum Gasteiger partial charge on any atom is 0.0527 e. The molecule has 1 aromatic carbocycles. The highest BCUT2D eigenvalue weighted by Gasteiger charge is 2.34. The smallest absolute Gasteiger partial charge is 0.0527 e. The lowest BCUT2D eigenvalue weighted by atomic mass is 9.80. The standard InChI is InChI=1S/C12H15BrO/c13-11-5-3-4-10(8-11)12(9-14)6-1-2-7-12/h3-5,8,14H,1-2,6-7,9H2. The molecule has 0 heterocycles. The van der Waals surface area contributed by atoms with Crippen LogP contribution in [-0.4, -0.2) is 11.7 Å². The Morgan fingerprint density at radius 2 is 2.00 bits per heavy atom. The summed E-state index contributed by atoms with van der Waals surface area (Å²) in [5.74, 6) is 0. The molecule has 1 aliphatic rings. The van der Waals surface area contributed by atoms with Crippen LogP contribution in [0.5, 0.6) is 0 Å². The zero-order valence-corrected chi connectivity index (χ0v) is 9.76. The summed E-state index contributed by atoms with van der Waals surface area (Å²) in [5.41, 5.74) is 1.33. The third-order valence-corrected chi connectivity index (χ3v) is 3.79. The quantitative estimate of drug-likeness (QED) is 0.860. The van der Waals surface area contributed by atoms with E-state index in [1.54, 1.807) is 0 Å². The van der Waals surface area contributed by atoms with Crippen LogP contribution in [-0.2, 0) is 5.41 Å². The summed E-state index contributed by atoms with van der Waals surface area (Å²) < 4.78 is 1.11. The molecule has 2 heteroatoms. The number of rotatable bonds is 2. The molecule has 0 aromatic heterocycles. The topological polar surface area (TPSA) is 20.2 Å². The Hall–Kier alpha value is -0.340. The van der Waals surface area contributed by atoms with Crippen molar-refractivity contribution in [3.05, 3.63) is 34.3 Å². The summed E-state index contributed by atoms with van der Waals surface area (Å²) in [6.07, 6.45) is 4.74. The Kier molecular flexibility index (Phi) is 2.93. The number of aliphatic hydroxyl groups excluding tert-OH is 1. The molecule has 1 aromatic rings. The lowest BCUT2D eigenvalue weighted by molar-refractivity contribution is 0.196. The molecule has 0 amide bonds. The molecule has 2 rings (SSSR count). The summed E-state index contributed by atoms with van der Waals surface area (Å²) in [4.78, 5) is 0. The van der Waals surface area contributed by atoms with Crippen LogP contribution in [0.4, 0.5) is 0 Å². The maximum absolute atomic E-state index is 9.55. The van der Waals surface area contributed by atoms with Crippen molar-refractivity contribution in [2.75, 3.05) is 6.61 Å². The minimum absolute atomic E-state index is 0.0454. The van der Waals surface area contributed by atoms with Crippen LogP contribution >= 0.6 is 15.9 Å². The van der Waals surface area contributed by atoms with E-state index in [0.717, 1.165) is 17.3 Å². The molecule has 76 valence electrons. The van der Waals surface area contributed by atoms with Gasteiger partial charge in [-0.15, -0.1) is 0 Å². The Labute approximate surface area is 93.3 Å². The highest BCUT2D eigenvalue weighted by Crippen LogP contribution is 2.41. The highest BCUT2D eigenvalue weighted by atomic mass is 79.9. The lowest BCUT2D eigenvalue weighted by Crippen LogP contribution is -2.26. The van der Waals surface area contributed by atoms with Gasteiger partial charge in [-0.2, -0.15) is 0 Å². The van der Waals surface area contributed by atoms with Gasteiger partial charge in [0.1, 0.15) is 0 Å². The first-order valence-corrected chi connectivity index (χ1v) is 5.93. The monoisotopic (exact) mass is 254 g/mol. The number of hydrogen-bond acceptors (Lipinski definition) is 1. The SMILES string of the molecule is OCC1(c2cccc(Br)c2)CCCC1. The Bertz CT molecular complexity index is 316. The third kappa shape index (κ3) is 1.73. The predicted octanol–water partition coefficient (Wildman–Crippen LogP) is 3.25. The van der Waals surface area contributed by atoms with E-state index in [1.807, 2.05) is 6.07 Å². The zero-order valence-electron chi connectivity index (χ0n) is 8.17. The Morgan fingerprint density at radius 3 is 2.57 bits per heavy atom. The van der Waals surface area contributed by atoms with Gasteiger partial charge in [0, 0.05) is 9.89 Å². The molecule has 0 unspecified atom stereocenters. The second-order valence-electron chi connectivity index (χ2n) is 4.16. The molecule has 0 atom stereocenters. The molecular formula is C12H15BrO. The van der Waals surface area contributed by atoms with Gasteiger partial charge in [-0.3, -0.25) is 0 Å². The summed E-state index contributed by atoms with van der Waals surface area (Å²) in [6, 6.07) is 8.35. The van der Waals surface area contributed by atoms with Gasteiger partial charge in [-0.05, 0) is 30.5 Å². The van der Waals surface area contributed by atoms with E-state index in [-0.39, 0.29) is 12.0 Å². The fraction of sp³-hybridized carbons (Fsp3) is 0.500.